The Morgan fingerprint density at radius 3 is 1.76 bits per heavy atom. The fourth-order valence-electron chi connectivity index (χ4n) is 0.449. The molecular formula is C11H24O6. The van der Waals surface area contributed by atoms with E-state index in [1.165, 1.54) is 21.0 Å². The molecule has 0 saturated heterocycles. The van der Waals surface area contributed by atoms with Gasteiger partial charge in [0, 0.05) is 7.11 Å². The van der Waals surface area contributed by atoms with Crippen LogP contribution in [0.2, 0.25) is 0 Å². The molecule has 0 aromatic heterocycles. The molecule has 0 radical (unpaired) electrons. The second-order valence-electron chi connectivity index (χ2n) is 2.67. The Labute approximate surface area is 103 Å². The standard InChI is InChI=1S/C8H14O4.CH2O2.2CH4/c1-5(9)6(2)12-8(10)7(3)11-4;2-1-3;;/h6-7H,1-4H3;1H,(H,2,3);2*1H4. The number of Topliss-reactive ketones (excluding diaryl/α,β-unsaturated/α-hetero) is 1. The number of ether oxygens (including phenoxy) is 2. The number of carbonyl (C=O) groups is 3. The zero-order valence-corrected chi connectivity index (χ0v) is 9.22. The number of carbonyl (C=O) groups excluding carboxylic acids is 2. The molecule has 0 aliphatic heterocycles. The van der Waals surface area contributed by atoms with Crippen LogP contribution in [0.25, 0.3) is 0 Å². The summed E-state index contributed by atoms with van der Waals surface area (Å²) in [6, 6.07) is 0. The molecule has 0 fully saturated rings. The molecule has 6 nitrogen and oxygen atoms in total. The first-order chi connectivity index (χ1) is 6.90. The summed E-state index contributed by atoms with van der Waals surface area (Å²) in [5.41, 5.74) is 0. The van der Waals surface area contributed by atoms with Gasteiger partial charge in [-0.15, -0.1) is 0 Å². The molecule has 0 aliphatic rings. The Bertz CT molecular complexity index is 214. The summed E-state index contributed by atoms with van der Waals surface area (Å²) in [4.78, 5) is 30.0. The minimum absolute atomic E-state index is 0. The highest BCUT2D eigenvalue weighted by Gasteiger charge is 2.18. The Hall–Kier alpha value is -1.43. The van der Waals surface area contributed by atoms with Gasteiger partial charge in [-0.25, -0.2) is 4.79 Å². The molecule has 104 valence electrons. The summed E-state index contributed by atoms with van der Waals surface area (Å²) in [5, 5.41) is 6.89. The van der Waals surface area contributed by atoms with E-state index in [0.29, 0.717) is 0 Å². The van der Waals surface area contributed by atoms with E-state index in [0.717, 1.165) is 0 Å². The zero-order valence-electron chi connectivity index (χ0n) is 9.22. The SMILES string of the molecule is C.C.COC(C)C(=O)OC(C)C(C)=O.O=CO. The number of esters is 1. The lowest BCUT2D eigenvalue weighted by Gasteiger charge is -2.13. The predicted molar refractivity (Wildman–Crippen MR) is 64.9 cm³/mol. The first-order valence-electron chi connectivity index (χ1n) is 4.22. The number of ketones is 1. The van der Waals surface area contributed by atoms with Gasteiger partial charge in [-0.2, -0.15) is 0 Å². The molecule has 2 unspecified atom stereocenters. The van der Waals surface area contributed by atoms with Crippen molar-refractivity contribution in [2.24, 2.45) is 0 Å². The molecule has 2 atom stereocenters. The van der Waals surface area contributed by atoms with Crippen LogP contribution in [0.5, 0.6) is 0 Å². The number of methoxy groups -OCH3 is 1. The van der Waals surface area contributed by atoms with Crippen molar-refractivity contribution in [1.29, 1.82) is 0 Å². The molecule has 17 heavy (non-hydrogen) atoms. The molecule has 0 aromatic carbocycles. The van der Waals surface area contributed by atoms with E-state index in [2.05, 4.69) is 0 Å². The zero-order chi connectivity index (χ0) is 12.4. The van der Waals surface area contributed by atoms with Gasteiger partial charge in [0.25, 0.3) is 6.47 Å². The first-order valence-corrected chi connectivity index (χ1v) is 4.22. The van der Waals surface area contributed by atoms with E-state index in [-0.39, 0.29) is 27.1 Å². The lowest BCUT2D eigenvalue weighted by Crippen LogP contribution is -2.29. The Balaban J connectivity index is -0.000000152. The third-order valence-corrected chi connectivity index (χ3v) is 1.55. The van der Waals surface area contributed by atoms with Gasteiger partial charge < -0.3 is 14.6 Å². The summed E-state index contributed by atoms with van der Waals surface area (Å²) < 4.78 is 9.46. The molecule has 6 heteroatoms. The molecule has 0 heterocycles. The van der Waals surface area contributed by atoms with Gasteiger partial charge in [0.2, 0.25) is 0 Å². The third-order valence-electron chi connectivity index (χ3n) is 1.55. The van der Waals surface area contributed by atoms with Gasteiger partial charge in [-0.1, -0.05) is 14.9 Å². The van der Waals surface area contributed by atoms with Crippen molar-refractivity contribution in [2.45, 2.75) is 47.8 Å². The molecule has 0 aliphatic carbocycles. The van der Waals surface area contributed by atoms with E-state index in [1.54, 1.807) is 6.92 Å². The summed E-state index contributed by atoms with van der Waals surface area (Å²) in [7, 11) is 1.41. The van der Waals surface area contributed by atoms with Gasteiger partial charge in [0.15, 0.2) is 18.0 Å². The molecular weight excluding hydrogens is 228 g/mol. The van der Waals surface area contributed by atoms with E-state index in [4.69, 9.17) is 19.4 Å². The van der Waals surface area contributed by atoms with Crippen LogP contribution in [0.1, 0.15) is 35.6 Å². The van der Waals surface area contributed by atoms with Crippen molar-refractivity contribution >= 4 is 18.2 Å². The average Bonchev–Trinajstić information content (AvgIpc) is 2.17. The van der Waals surface area contributed by atoms with Crippen LogP contribution >= 0.6 is 0 Å². The molecule has 0 spiro atoms. The highest BCUT2D eigenvalue weighted by Crippen LogP contribution is 1.98. The average molecular weight is 252 g/mol. The van der Waals surface area contributed by atoms with Crippen LogP contribution in [-0.2, 0) is 23.9 Å². The number of carboxylic acid groups (broad SMARTS) is 1. The van der Waals surface area contributed by atoms with Gasteiger partial charge in [-0.3, -0.25) is 9.59 Å². The monoisotopic (exact) mass is 252 g/mol. The van der Waals surface area contributed by atoms with Crippen LogP contribution in [0.4, 0.5) is 0 Å². The maximum Gasteiger partial charge on any atom is 0.335 e. The lowest BCUT2D eigenvalue weighted by molar-refractivity contribution is -0.162. The van der Waals surface area contributed by atoms with Crippen LogP contribution in [0.3, 0.4) is 0 Å². The summed E-state index contributed by atoms with van der Waals surface area (Å²) in [6.45, 7) is 4.22. The second-order valence-corrected chi connectivity index (χ2v) is 2.67. The quantitative estimate of drug-likeness (QED) is 0.602. The Kier molecular flexibility index (Phi) is 21.2. The van der Waals surface area contributed by atoms with E-state index < -0.39 is 18.2 Å². The van der Waals surface area contributed by atoms with Gasteiger partial charge >= 0.3 is 5.97 Å². The summed E-state index contributed by atoms with van der Waals surface area (Å²) >= 11 is 0. The smallest absolute Gasteiger partial charge is 0.335 e. The highest BCUT2D eigenvalue weighted by atomic mass is 16.6. The van der Waals surface area contributed by atoms with Crippen LogP contribution in [-0.4, -0.2) is 42.6 Å². The maximum atomic E-state index is 11.0. The topological polar surface area (TPSA) is 89.9 Å². The molecule has 0 bridgehead atoms. The van der Waals surface area contributed by atoms with Crippen molar-refractivity contribution in [1.82, 2.24) is 0 Å². The second kappa shape index (κ2) is 14.6. The molecule has 0 rings (SSSR count). The van der Waals surface area contributed by atoms with Gasteiger partial charge in [0.05, 0.1) is 0 Å². The summed E-state index contributed by atoms with van der Waals surface area (Å²) in [6.07, 6.45) is -1.30. The molecule has 0 amide bonds. The van der Waals surface area contributed by atoms with Gasteiger partial charge in [0.1, 0.15) is 0 Å². The van der Waals surface area contributed by atoms with E-state index in [1.807, 2.05) is 0 Å². The lowest BCUT2D eigenvalue weighted by atomic mass is 10.3. The Morgan fingerprint density at radius 1 is 1.18 bits per heavy atom. The fraction of sp³-hybridized carbons (Fsp3) is 0.727. The fourth-order valence-corrected chi connectivity index (χ4v) is 0.449. The highest BCUT2D eigenvalue weighted by molar-refractivity contribution is 5.84. The predicted octanol–water partition coefficient (Wildman–Crippen LogP) is 1.51. The van der Waals surface area contributed by atoms with Crippen molar-refractivity contribution in [3.63, 3.8) is 0 Å². The van der Waals surface area contributed by atoms with Crippen molar-refractivity contribution in [2.75, 3.05) is 7.11 Å². The normalized spacial score (nSPS) is 11.3. The van der Waals surface area contributed by atoms with E-state index >= 15 is 0 Å². The molecule has 0 aromatic rings. The Morgan fingerprint density at radius 2 is 1.53 bits per heavy atom. The number of hydrogen-bond acceptors (Lipinski definition) is 5. The largest absolute Gasteiger partial charge is 0.483 e. The van der Waals surface area contributed by atoms with Crippen molar-refractivity contribution in [3.8, 4) is 0 Å². The molecule has 1 N–H and O–H groups in total. The molecule has 0 saturated carbocycles. The number of hydrogen-bond donors (Lipinski definition) is 1. The van der Waals surface area contributed by atoms with Crippen molar-refractivity contribution in [3.05, 3.63) is 0 Å². The minimum atomic E-state index is -0.685. The minimum Gasteiger partial charge on any atom is -0.483 e. The maximum absolute atomic E-state index is 11.0. The first kappa shape index (κ1) is 24.7. The van der Waals surface area contributed by atoms with Crippen LogP contribution in [0.15, 0.2) is 0 Å². The third kappa shape index (κ3) is 14.6. The van der Waals surface area contributed by atoms with E-state index in [9.17, 15) is 9.59 Å². The summed E-state index contributed by atoms with van der Waals surface area (Å²) in [5.74, 6) is -0.688. The van der Waals surface area contributed by atoms with Crippen LogP contribution < -0.4 is 0 Å². The van der Waals surface area contributed by atoms with Crippen LogP contribution in [0, 0.1) is 0 Å². The van der Waals surface area contributed by atoms with Crippen molar-refractivity contribution < 1.29 is 29.0 Å². The number of rotatable bonds is 4. The van der Waals surface area contributed by atoms with Gasteiger partial charge in [-0.05, 0) is 20.8 Å².